The number of methoxy groups -OCH3 is 1. The Balaban J connectivity index is 2.70. The highest BCUT2D eigenvalue weighted by Crippen LogP contribution is 2.20. The van der Waals surface area contributed by atoms with Crippen LogP contribution in [0.5, 0.6) is 5.75 Å². The monoisotopic (exact) mass is 248 g/mol. The Bertz CT molecular complexity index is 406. The average molecular weight is 248 g/mol. The van der Waals surface area contributed by atoms with Gasteiger partial charge in [0.25, 0.3) is 0 Å². The summed E-state index contributed by atoms with van der Waals surface area (Å²) >= 11 is 0. The van der Waals surface area contributed by atoms with Crippen LogP contribution in [0.3, 0.4) is 0 Å². The summed E-state index contributed by atoms with van der Waals surface area (Å²) in [6.07, 6.45) is 1.89. The molecule has 1 atom stereocenters. The SMILES string of the molecule is C=C(CC)CC(Cc1ccc(OC)cc1)C(=O)O. The normalized spacial score (nSPS) is 11.9. The van der Waals surface area contributed by atoms with E-state index in [1.807, 2.05) is 31.2 Å². The molecular formula is C15H20O3. The molecule has 0 spiro atoms. The summed E-state index contributed by atoms with van der Waals surface area (Å²) in [5.74, 6) is -0.380. The van der Waals surface area contributed by atoms with Crippen LogP contribution in [0.1, 0.15) is 25.3 Å². The minimum Gasteiger partial charge on any atom is -0.497 e. The van der Waals surface area contributed by atoms with Crippen molar-refractivity contribution >= 4 is 5.97 Å². The van der Waals surface area contributed by atoms with E-state index in [0.717, 1.165) is 23.3 Å². The van der Waals surface area contributed by atoms with Gasteiger partial charge in [-0.05, 0) is 37.0 Å². The van der Waals surface area contributed by atoms with Crippen molar-refractivity contribution in [2.45, 2.75) is 26.2 Å². The largest absolute Gasteiger partial charge is 0.497 e. The second kappa shape index (κ2) is 6.84. The van der Waals surface area contributed by atoms with Gasteiger partial charge >= 0.3 is 5.97 Å². The number of carboxylic acids is 1. The molecule has 0 saturated heterocycles. The van der Waals surface area contributed by atoms with Crippen LogP contribution >= 0.6 is 0 Å². The lowest BCUT2D eigenvalue weighted by molar-refractivity contribution is -0.141. The summed E-state index contributed by atoms with van der Waals surface area (Å²) in [6, 6.07) is 7.51. The number of carboxylic acid groups (broad SMARTS) is 1. The Hall–Kier alpha value is -1.77. The Morgan fingerprint density at radius 3 is 2.44 bits per heavy atom. The van der Waals surface area contributed by atoms with Gasteiger partial charge in [-0.25, -0.2) is 0 Å². The summed E-state index contributed by atoms with van der Waals surface area (Å²) in [5.41, 5.74) is 1.99. The van der Waals surface area contributed by atoms with Crippen LogP contribution in [0.25, 0.3) is 0 Å². The highest BCUT2D eigenvalue weighted by molar-refractivity contribution is 5.70. The van der Waals surface area contributed by atoms with E-state index in [9.17, 15) is 9.90 Å². The Kier molecular flexibility index (Phi) is 5.43. The third kappa shape index (κ3) is 4.24. The van der Waals surface area contributed by atoms with Gasteiger partial charge in [0, 0.05) is 0 Å². The number of hydrogen-bond acceptors (Lipinski definition) is 2. The number of ether oxygens (including phenoxy) is 1. The van der Waals surface area contributed by atoms with Crippen molar-refractivity contribution in [2.24, 2.45) is 5.92 Å². The summed E-state index contributed by atoms with van der Waals surface area (Å²) < 4.78 is 5.07. The van der Waals surface area contributed by atoms with E-state index < -0.39 is 11.9 Å². The van der Waals surface area contributed by atoms with Gasteiger partial charge in [-0.15, -0.1) is 0 Å². The molecule has 1 rings (SSSR count). The number of carbonyl (C=O) groups is 1. The first-order valence-corrected chi connectivity index (χ1v) is 6.09. The Labute approximate surface area is 108 Å². The van der Waals surface area contributed by atoms with Gasteiger partial charge < -0.3 is 9.84 Å². The van der Waals surface area contributed by atoms with Crippen LogP contribution in [0.2, 0.25) is 0 Å². The van der Waals surface area contributed by atoms with Gasteiger partial charge in [-0.2, -0.15) is 0 Å². The molecule has 0 saturated carbocycles. The number of benzene rings is 1. The fourth-order valence-electron chi connectivity index (χ4n) is 1.79. The molecule has 1 aromatic rings. The van der Waals surface area contributed by atoms with Crippen molar-refractivity contribution < 1.29 is 14.6 Å². The molecule has 3 heteroatoms. The molecule has 0 heterocycles. The molecule has 98 valence electrons. The number of aliphatic carboxylic acids is 1. The third-order valence-corrected chi connectivity index (χ3v) is 3.03. The van der Waals surface area contributed by atoms with Gasteiger partial charge in [0.15, 0.2) is 0 Å². The van der Waals surface area contributed by atoms with E-state index in [2.05, 4.69) is 6.58 Å². The second-order valence-corrected chi connectivity index (χ2v) is 4.40. The lowest BCUT2D eigenvalue weighted by Gasteiger charge is -2.13. The van der Waals surface area contributed by atoms with E-state index in [1.165, 1.54) is 0 Å². The maximum atomic E-state index is 11.2. The topological polar surface area (TPSA) is 46.5 Å². The van der Waals surface area contributed by atoms with Crippen molar-refractivity contribution in [1.29, 1.82) is 0 Å². The summed E-state index contributed by atoms with van der Waals surface area (Å²) in [6.45, 7) is 5.88. The molecule has 3 nitrogen and oxygen atoms in total. The van der Waals surface area contributed by atoms with Crippen LogP contribution in [0.4, 0.5) is 0 Å². The van der Waals surface area contributed by atoms with Crippen LogP contribution in [0.15, 0.2) is 36.4 Å². The minimum absolute atomic E-state index is 0.397. The van der Waals surface area contributed by atoms with Gasteiger partial charge in [0.05, 0.1) is 13.0 Å². The summed E-state index contributed by atoms with van der Waals surface area (Å²) in [7, 11) is 1.61. The zero-order valence-electron chi connectivity index (χ0n) is 11.0. The van der Waals surface area contributed by atoms with E-state index in [-0.39, 0.29) is 0 Å². The zero-order chi connectivity index (χ0) is 13.5. The second-order valence-electron chi connectivity index (χ2n) is 4.40. The maximum absolute atomic E-state index is 11.2. The van der Waals surface area contributed by atoms with Gasteiger partial charge in [-0.1, -0.05) is 31.2 Å². The molecule has 0 aliphatic carbocycles. The first-order chi connectivity index (χ1) is 8.56. The van der Waals surface area contributed by atoms with Crippen molar-refractivity contribution in [2.75, 3.05) is 7.11 Å². The van der Waals surface area contributed by atoms with Crippen LogP contribution in [-0.4, -0.2) is 18.2 Å². The fraction of sp³-hybridized carbons (Fsp3) is 0.400. The minimum atomic E-state index is -0.764. The molecule has 0 aromatic heterocycles. The number of allylic oxidation sites excluding steroid dienone is 1. The van der Waals surface area contributed by atoms with E-state index in [0.29, 0.717) is 12.8 Å². The van der Waals surface area contributed by atoms with Gasteiger partial charge in [-0.3, -0.25) is 4.79 Å². The van der Waals surface area contributed by atoms with Crippen LogP contribution in [-0.2, 0) is 11.2 Å². The van der Waals surface area contributed by atoms with Crippen molar-refractivity contribution in [3.8, 4) is 5.75 Å². The quantitative estimate of drug-likeness (QED) is 0.753. The average Bonchev–Trinajstić information content (AvgIpc) is 2.38. The molecule has 1 N–H and O–H groups in total. The first-order valence-electron chi connectivity index (χ1n) is 6.09. The molecule has 0 aliphatic heterocycles. The fourth-order valence-corrected chi connectivity index (χ4v) is 1.79. The predicted octanol–water partition coefficient (Wildman–Crippen LogP) is 3.29. The molecule has 0 fully saturated rings. The van der Waals surface area contributed by atoms with Gasteiger partial charge in [0.1, 0.15) is 5.75 Å². The van der Waals surface area contributed by atoms with Crippen molar-refractivity contribution in [3.05, 3.63) is 42.0 Å². The van der Waals surface area contributed by atoms with Crippen molar-refractivity contribution in [1.82, 2.24) is 0 Å². The molecule has 0 aliphatic rings. The van der Waals surface area contributed by atoms with Crippen LogP contribution < -0.4 is 4.74 Å². The van der Waals surface area contributed by atoms with Crippen molar-refractivity contribution in [3.63, 3.8) is 0 Å². The summed E-state index contributed by atoms with van der Waals surface area (Å²) in [5, 5.41) is 9.21. The highest BCUT2D eigenvalue weighted by atomic mass is 16.5. The lowest BCUT2D eigenvalue weighted by Crippen LogP contribution is -2.17. The smallest absolute Gasteiger partial charge is 0.307 e. The molecule has 0 radical (unpaired) electrons. The van der Waals surface area contributed by atoms with E-state index >= 15 is 0 Å². The Morgan fingerprint density at radius 2 is 2.00 bits per heavy atom. The van der Waals surface area contributed by atoms with Gasteiger partial charge in [0.2, 0.25) is 0 Å². The Morgan fingerprint density at radius 1 is 1.39 bits per heavy atom. The molecule has 1 aromatic carbocycles. The molecule has 0 amide bonds. The molecule has 18 heavy (non-hydrogen) atoms. The summed E-state index contributed by atoms with van der Waals surface area (Å²) in [4.78, 5) is 11.2. The first kappa shape index (κ1) is 14.3. The molecule has 1 unspecified atom stereocenters. The highest BCUT2D eigenvalue weighted by Gasteiger charge is 2.18. The number of rotatable bonds is 7. The maximum Gasteiger partial charge on any atom is 0.307 e. The lowest BCUT2D eigenvalue weighted by atomic mass is 9.92. The van der Waals surface area contributed by atoms with E-state index in [4.69, 9.17) is 4.74 Å². The van der Waals surface area contributed by atoms with Crippen LogP contribution in [0, 0.1) is 5.92 Å². The number of hydrogen-bond donors (Lipinski definition) is 1. The third-order valence-electron chi connectivity index (χ3n) is 3.03. The molecular weight excluding hydrogens is 228 g/mol. The zero-order valence-corrected chi connectivity index (χ0v) is 11.0. The molecule has 0 bridgehead atoms. The predicted molar refractivity (Wildman–Crippen MR) is 71.9 cm³/mol. The standard InChI is InChI=1S/C15H20O3/c1-4-11(2)9-13(15(16)17)10-12-5-7-14(18-3)8-6-12/h5-8,13H,2,4,9-10H2,1,3H3,(H,16,17). The van der Waals surface area contributed by atoms with E-state index in [1.54, 1.807) is 7.11 Å².